The number of nitrogens with one attached hydrogen (secondary N) is 2. The van der Waals surface area contributed by atoms with Gasteiger partial charge in [-0.3, -0.25) is 9.59 Å². The summed E-state index contributed by atoms with van der Waals surface area (Å²) in [4.78, 5) is 35.8. The number of rotatable bonds is 9. The van der Waals surface area contributed by atoms with E-state index in [4.69, 9.17) is 9.84 Å². The van der Waals surface area contributed by atoms with Crippen LogP contribution in [0.4, 0.5) is 13.6 Å². The highest BCUT2D eigenvalue weighted by Gasteiger charge is 2.72. The standard InChI is InChI=1S/C25H24F2N2O5/c1-2-7-20(22(30)28-12-19-21(23(31)32)25(19,26)27)29-24(33)34-13-18-16-10-5-3-8-14(16)15-9-4-6-11-17(15)18/h2-6,8-11,18-21H,1,7,12-13H2,(H,28,30)(H,29,33)(H,31,32). The van der Waals surface area contributed by atoms with Gasteiger partial charge in [0.15, 0.2) is 0 Å². The summed E-state index contributed by atoms with van der Waals surface area (Å²) >= 11 is 0. The highest BCUT2D eigenvalue weighted by Crippen LogP contribution is 2.54. The van der Waals surface area contributed by atoms with Crippen LogP contribution in [-0.4, -0.2) is 48.2 Å². The number of fused-ring (bicyclic) bond motifs is 3. The first-order chi connectivity index (χ1) is 16.3. The lowest BCUT2D eigenvalue weighted by Gasteiger charge is -2.19. The summed E-state index contributed by atoms with van der Waals surface area (Å²) in [6, 6.07) is 14.6. The van der Waals surface area contributed by atoms with Gasteiger partial charge >= 0.3 is 12.1 Å². The Morgan fingerprint density at radius 1 is 1.09 bits per heavy atom. The first kappa shape index (κ1) is 23.4. The van der Waals surface area contributed by atoms with Crippen LogP contribution in [0.5, 0.6) is 0 Å². The highest BCUT2D eigenvalue weighted by atomic mass is 19.3. The SMILES string of the molecule is C=CCC(NC(=O)OCC1c2ccccc2-c2ccccc21)C(=O)NCC1C(C(=O)O)C1(F)F. The molecule has 0 bridgehead atoms. The lowest BCUT2D eigenvalue weighted by atomic mass is 9.98. The number of hydrogen-bond acceptors (Lipinski definition) is 4. The van der Waals surface area contributed by atoms with Crippen LogP contribution in [0.15, 0.2) is 61.2 Å². The van der Waals surface area contributed by atoms with E-state index in [1.54, 1.807) is 0 Å². The lowest BCUT2D eigenvalue weighted by molar-refractivity contribution is -0.141. The van der Waals surface area contributed by atoms with Gasteiger partial charge < -0.3 is 20.5 Å². The molecule has 3 atom stereocenters. The molecule has 0 heterocycles. The maximum absolute atomic E-state index is 13.5. The predicted octanol–water partition coefficient (Wildman–Crippen LogP) is 3.55. The van der Waals surface area contributed by atoms with Crippen molar-refractivity contribution < 1.29 is 33.0 Å². The van der Waals surface area contributed by atoms with E-state index in [0.29, 0.717) is 0 Å². The van der Waals surface area contributed by atoms with Crippen LogP contribution >= 0.6 is 0 Å². The minimum Gasteiger partial charge on any atom is -0.481 e. The molecule has 0 aliphatic heterocycles. The van der Waals surface area contributed by atoms with Gasteiger partial charge in [-0.2, -0.15) is 0 Å². The van der Waals surface area contributed by atoms with Gasteiger partial charge in [0, 0.05) is 12.5 Å². The Morgan fingerprint density at radius 2 is 1.68 bits per heavy atom. The molecule has 4 rings (SSSR count). The zero-order valence-corrected chi connectivity index (χ0v) is 18.2. The second-order valence-corrected chi connectivity index (χ2v) is 8.39. The van der Waals surface area contributed by atoms with Crippen molar-refractivity contribution >= 4 is 18.0 Å². The number of alkyl halides is 2. The van der Waals surface area contributed by atoms with Gasteiger partial charge in [-0.25, -0.2) is 13.6 Å². The van der Waals surface area contributed by atoms with Crippen molar-refractivity contribution in [1.82, 2.24) is 10.6 Å². The molecule has 3 N–H and O–H groups in total. The normalized spacial score (nSPS) is 20.4. The predicted molar refractivity (Wildman–Crippen MR) is 119 cm³/mol. The number of benzene rings is 2. The van der Waals surface area contributed by atoms with Crippen molar-refractivity contribution in [3.63, 3.8) is 0 Å². The molecule has 0 aromatic heterocycles. The number of carboxylic acid groups (broad SMARTS) is 1. The number of alkyl carbamates (subject to hydrolysis) is 1. The second-order valence-electron chi connectivity index (χ2n) is 8.39. The minimum absolute atomic E-state index is 0.0411. The van der Waals surface area contributed by atoms with E-state index in [1.807, 2.05) is 48.5 Å². The van der Waals surface area contributed by atoms with Crippen LogP contribution in [0, 0.1) is 11.8 Å². The number of carbonyl (C=O) groups is 3. The summed E-state index contributed by atoms with van der Waals surface area (Å²) in [7, 11) is 0. The Labute approximate surface area is 194 Å². The van der Waals surface area contributed by atoms with Crippen LogP contribution < -0.4 is 10.6 Å². The third-order valence-corrected chi connectivity index (χ3v) is 6.32. The fraction of sp³-hybridized carbons (Fsp3) is 0.320. The quantitative estimate of drug-likeness (QED) is 0.486. The molecular weight excluding hydrogens is 446 g/mol. The number of ether oxygens (including phenoxy) is 1. The van der Waals surface area contributed by atoms with Gasteiger partial charge in [0.05, 0.1) is 5.92 Å². The van der Waals surface area contributed by atoms with E-state index >= 15 is 0 Å². The Balaban J connectivity index is 1.34. The molecule has 7 nitrogen and oxygen atoms in total. The van der Waals surface area contributed by atoms with Gasteiger partial charge in [-0.1, -0.05) is 54.6 Å². The van der Waals surface area contributed by atoms with Crippen molar-refractivity contribution in [2.24, 2.45) is 11.8 Å². The van der Waals surface area contributed by atoms with Crippen molar-refractivity contribution in [3.05, 3.63) is 72.3 Å². The lowest BCUT2D eigenvalue weighted by Crippen LogP contribution is -2.47. The maximum atomic E-state index is 13.5. The molecule has 2 aliphatic carbocycles. The molecule has 1 fully saturated rings. The Morgan fingerprint density at radius 3 is 2.21 bits per heavy atom. The monoisotopic (exact) mass is 470 g/mol. The zero-order valence-electron chi connectivity index (χ0n) is 18.2. The first-order valence-electron chi connectivity index (χ1n) is 10.9. The molecule has 2 aromatic carbocycles. The molecule has 1 saturated carbocycles. The van der Waals surface area contributed by atoms with Crippen molar-refractivity contribution in [2.45, 2.75) is 24.3 Å². The summed E-state index contributed by atoms with van der Waals surface area (Å²) in [5.41, 5.74) is 4.23. The summed E-state index contributed by atoms with van der Waals surface area (Å²) in [6.07, 6.45) is 0.614. The number of carboxylic acids is 1. The number of hydrogen-bond donors (Lipinski definition) is 3. The van der Waals surface area contributed by atoms with Crippen LogP contribution in [0.25, 0.3) is 11.1 Å². The number of amides is 2. The molecule has 3 unspecified atom stereocenters. The molecule has 0 radical (unpaired) electrons. The fourth-order valence-electron chi connectivity index (χ4n) is 4.50. The van der Waals surface area contributed by atoms with E-state index in [2.05, 4.69) is 17.2 Å². The average Bonchev–Trinajstić information content (AvgIpc) is 3.23. The van der Waals surface area contributed by atoms with Gasteiger partial charge in [0.1, 0.15) is 18.6 Å². The third-order valence-electron chi connectivity index (χ3n) is 6.32. The third kappa shape index (κ3) is 4.37. The molecule has 2 aromatic rings. The molecule has 34 heavy (non-hydrogen) atoms. The number of aliphatic carboxylic acids is 1. The fourth-order valence-corrected chi connectivity index (χ4v) is 4.50. The van der Waals surface area contributed by atoms with Crippen molar-refractivity contribution in [1.29, 1.82) is 0 Å². The number of halogens is 2. The topological polar surface area (TPSA) is 105 Å². The van der Waals surface area contributed by atoms with Crippen LogP contribution in [0.3, 0.4) is 0 Å². The van der Waals surface area contributed by atoms with Crippen LogP contribution in [-0.2, 0) is 14.3 Å². The van der Waals surface area contributed by atoms with Crippen molar-refractivity contribution in [3.8, 4) is 11.1 Å². The zero-order chi connectivity index (χ0) is 24.5. The summed E-state index contributed by atoms with van der Waals surface area (Å²) in [5, 5.41) is 13.6. The smallest absolute Gasteiger partial charge is 0.407 e. The Hall–Kier alpha value is -3.75. The van der Waals surface area contributed by atoms with Gasteiger partial charge in [-0.15, -0.1) is 6.58 Å². The highest BCUT2D eigenvalue weighted by molar-refractivity contribution is 5.86. The van der Waals surface area contributed by atoms with E-state index in [9.17, 15) is 23.2 Å². The molecule has 178 valence electrons. The average molecular weight is 470 g/mol. The van der Waals surface area contributed by atoms with Crippen molar-refractivity contribution in [2.75, 3.05) is 13.2 Å². The van der Waals surface area contributed by atoms with E-state index in [1.165, 1.54) is 6.08 Å². The van der Waals surface area contributed by atoms with E-state index < -0.39 is 48.3 Å². The second kappa shape index (κ2) is 9.24. The Bertz CT molecular complexity index is 1090. The van der Waals surface area contributed by atoms with E-state index in [0.717, 1.165) is 22.3 Å². The minimum atomic E-state index is -3.37. The molecular formula is C25H24F2N2O5. The van der Waals surface area contributed by atoms with Crippen LogP contribution in [0.2, 0.25) is 0 Å². The van der Waals surface area contributed by atoms with Gasteiger partial charge in [0.2, 0.25) is 5.91 Å². The molecule has 0 spiro atoms. The summed E-state index contributed by atoms with van der Waals surface area (Å²) < 4.78 is 32.5. The molecule has 9 heteroatoms. The molecule has 0 saturated heterocycles. The summed E-state index contributed by atoms with van der Waals surface area (Å²) in [5.74, 6) is -9.15. The number of carbonyl (C=O) groups excluding carboxylic acids is 2. The van der Waals surface area contributed by atoms with Crippen LogP contribution in [0.1, 0.15) is 23.5 Å². The molecule has 2 amide bonds. The first-order valence-corrected chi connectivity index (χ1v) is 10.9. The van der Waals surface area contributed by atoms with E-state index in [-0.39, 0.29) is 18.9 Å². The Kier molecular flexibility index (Phi) is 6.37. The maximum Gasteiger partial charge on any atom is 0.407 e. The molecule has 2 aliphatic rings. The largest absolute Gasteiger partial charge is 0.481 e. The van der Waals surface area contributed by atoms with Gasteiger partial charge in [-0.05, 0) is 28.7 Å². The summed E-state index contributed by atoms with van der Waals surface area (Å²) in [6.45, 7) is 3.09. The van der Waals surface area contributed by atoms with Gasteiger partial charge in [0.25, 0.3) is 5.92 Å².